The first-order valence-electron chi connectivity index (χ1n) is 14.5. The third-order valence-electron chi connectivity index (χ3n) is 8.32. The fourth-order valence-corrected chi connectivity index (χ4v) is 6.16. The summed E-state index contributed by atoms with van der Waals surface area (Å²) in [6.45, 7) is 10.0. The summed E-state index contributed by atoms with van der Waals surface area (Å²) in [6.07, 6.45) is 2.77. The minimum absolute atomic E-state index is 0.0514. The summed E-state index contributed by atoms with van der Waals surface area (Å²) in [5.41, 5.74) is 2.99. The highest BCUT2D eigenvalue weighted by Gasteiger charge is 2.29. The number of carbonyl (C=O) groups excluding carboxylic acids is 1. The molecule has 0 saturated carbocycles. The predicted octanol–water partition coefficient (Wildman–Crippen LogP) is 3.55. The number of rotatable bonds is 8. The Hall–Kier alpha value is -3.92. The van der Waals surface area contributed by atoms with Crippen LogP contribution >= 0.6 is 0 Å². The maximum absolute atomic E-state index is 13.5. The van der Waals surface area contributed by atoms with E-state index in [2.05, 4.69) is 27.3 Å². The Bertz CT molecular complexity index is 1430. The number of phenolic OH excluding ortho intramolecular Hbond substituents is 1. The van der Waals surface area contributed by atoms with Crippen molar-refractivity contribution in [3.05, 3.63) is 60.3 Å². The number of aromatic nitrogens is 2. The van der Waals surface area contributed by atoms with Crippen LogP contribution in [-0.2, 0) is 17.8 Å². The number of piperazine rings is 1. The Morgan fingerprint density at radius 2 is 1.93 bits per heavy atom. The normalized spacial score (nSPS) is 19.4. The molecule has 2 aromatic carbocycles. The quantitative estimate of drug-likeness (QED) is 0.331. The molecule has 216 valence electrons. The molecule has 3 aliphatic rings. The summed E-state index contributed by atoms with van der Waals surface area (Å²) in [5.74, 6) is 1.06. The van der Waals surface area contributed by atoms with Gasteiger partial charge in [0.1, 0.15) is 17.7 Å². The van der Waals surface area contributed by atoms with Crippen LogP contribution in [0.15, 0.2) is 49.1 Å². The standard InChI is InChI=1S/C31H37FN6O3/c1-2-29(40)36-13-15-37(16-14-36)30-26-9-12-38(28-19-24(39)18-22-6-3-4-7-25(22)28)21-27(26)33-31(34-30)41-17-5-10-35-11-8-23(32)20-35/h2-4,6-7,18-19,23,39H,1,5,8-17,20-21H2/t23-/m1/s1. The van der Waals surface area contributed by atoms with E-state index >= 15 is 0 Å². The topological polar surface area (TPSA) is 85.3 Å². The number of nitrogens with zero attached hydrogens (tertiary/aromatic N) is 6. The number of aromatic hydroxyl groups is 1. The molecule has 6 rings (SSSR count). The molecule has 1 aromatic heterocycles. The molecule has 0 unspecified atom stereocenters. The molecule has 1 N–H and O–H groups in total. The summed E-state index contributed by atoms with van der Waals surface area (Å²) in [5, 5.41) is 12.5. The highest BCUT2D eigenvalue weighted by atomic mass is 19.1. The minimum Gasteiger partial charge on any atom is -0.508 e. The summed E-state index contributed by atoms with van der Waals surface area (Å²) in [6, 6.07) is 12.0. The van der Waals surface area contributed by atoms with Crippen LogP contribution in [0, 0.1) is 0 Å². The van der Waals surface area contributed by atoms with Gasteiger partial charge in [0, 0.05) is 75.1 Å². The largest absolute Gasteiger partial charge is 0.508 e. The molecule has 2 saturated heterocycles. The summed E-state index contributed by atoms with van der Waals surface area (Å²) in [4.78, 5) is 30.3. The summed E-state index contributed by atoms with van der Waals surface area (Å²) < 4.78 is 19.6. The number of anilines is 2. The molecule has 1 atom stereocenters. The van der Waals surface area contributed by atoms with Crippen molar-refractivity contribution < 1.29 is 19.0 Å². The van der Waals surface area contributed by atoms with Gasteiger partial charge in [-0.05, 0) is 36.8 Å². The molecule has 3 aliphatic heterocycles. The molecule has 0 aliphatic carbocycles. The van der Waals surface area contributed by atoms with E-state index in [-0.39, 0.29) is 11.7 Å². The van der Waals surface area contributed by atoms with Gasteiger partial charge in [0.15, 0.2) is 0 Å². The maximum Gasteiger partial charge on any atom is 0.318 e. The first kappa shape index (κ1) is 27.3. The Morgan fingerprint density at radius 1 is 1.10 bits per heavy atom. The molecule has 1 amide bonds. The van der Waals surface area contributed by atoms with Crippen molar-refractivity contribution >= 4 is 28.2 Å². The van der Waals surface area contributed by atoms with Crippen molar-refractivity contribution in [2.45, 2.75) is 32.0 Å². The second-order valence-electron chi connectivity index (χ2n) is 11.0. The average molecular weight is 561 g/mol. The van der Waals surface area contributed by atoms with Gasteiger partial charge in [0.25, 0.3) is 0 Å². The molecule has 41 heavy (non-hydrogen) atoms. The number of likely N-dealkylation sites (tertiary alicyclic amines) is 1. The number of halogens is 1. The molecule has 0 bridgehead atoms. The van der Waals surface area contributed by atoms with E-state index in [0.29, 0.717) is 58.3 Å². The van der Waals surface area contributed by atoms with Crippen molar-refractivity contribution in [3.8, 4) is 11.8 Å². The lowest BCUT2D eigenvalue weighted by molar-refractivity contribution is -0.126. The Morgan fingerprint density at radius 3 is 2.71 bits per heavy atom. The first-order valence-corrected chi connectivity index (χ1v) is 14.5. The van der Waals surface area contributed by atoms with E-state index in [9.17, 15) is 14.3 Å². The average Bonchev–Trinajstić information content (AvgIpc) is 3.42. The molecule has 10 heteroatoms. The molecular formula is C31H37FN6O3. The second kappa shape index (κ2) is 11.9. The molecule has 2 fully saturated rings. The Kier molecular flexibility index (Phi) is 7.91. The van der Waals surface area contributed by atoms with Crippen LogP contribution in [0.2, 0.25) is 0 Å². The number of hydrogen-bond donors (Lipinski definition) is 1. The van der Waals surface area contributed by atoms with E-state index in [1.165, 1.54) is 6.08 Å². The number of phenols is 1. The van der Waals surface area contributed by atoms with Crippen molar-refractivity contribution in [3.63, 3.8) is 0 Å². The third kappa shape index (κ3) is 5.93. The molecular weight excluding hydrogens is 523 g/mol. The van der Waals surface area contributed by atoms with Crippen LogP contribution in [0.5, 0.6) is 11.8 Å². The highest BCUT2D eigenvalue weighted by molar-refractivity contribution is 5.95. The number of carbonyl (C=O) groups is 1. The maximum atomic E-state index is 13.5. The monoisotopic (exact) mass is 560 g/mol. The van der Waals surface area contributed by atoms with Crippen molar-refractivity contribution in [1.29, 1.82) is 0 Å². The van der Waals surface area contributed by atoms with Crippen molar-refractivity contribution in [2.75, 3.05) is 68.8 Å². The SMILES string of the molecule is C=CC(=O)N1CCN(c2nc(OCCCN3CC[C@@H](F)C3)nc3c2CCN(c2cc(O)cc4ccccc24)C3)CC1. The smallest absolute Gasteiger partial charge is 0.318 e. The molecule has 3 aromatic rings. The Balaban J connectivity index is 1.24. The molecule has 9 nitrogen and oxygen atoms in total. The van der Waals surface area contributed by atoms with Gasteiger partial charge in [0.05, 0.1) is 18.8 Å². The van der Waals surface area contributed by atoms with Crippen LogP contribution in [0.4, 0.5) is 15.9 Å². The lowest BCUT2D eigenvalue weighted by Crippen LogP contribution is -2.49. The van der Waals surface area contributed by atoms with E-state index in [1.54, 1.807) is 6.07 Å². The zero-order valence-electron chi connectivity index (χ0n) is 23.3. The lowest BCUT2D eigenvalue weighted by atomic mass is 10.0. The van der Waals surface area contributed by atoms with Crippen LogP contribution < -0.4 is 14.5 Å². The number of alkyl halides is 1. The van der Waals surface area contributed by atoms with Crippen molar-refractivity contribution in [1.82, 2.24) is 19.8 Å². The van der Waals surface area contributed by atoms with Gasteiger partial charge < -0.3 is 29.4 Å². The lowest BCUT2D eigenvalue weighted by Gasteiger charge is -2.38. The van der Waals surface area contributed by atoms with Crippen LogP contribution in [0.1, 0.15) is 24.1 Å². The van der Waals surface area contributed by atoms with E-state index in [4.69, 9.17) is 14.7 Å². The number of amides is 1. The molecule has 0 spiro atoms. The molecule has 4 heterocycles. The fraction of sp³-hybridized carbons (Fsp3) is 0.452. The number of hydrogen-bond acceptors (Lipinski definition) is 8. The van der Waals surface area contributed by atoms with Crippen LogP contribution in [0.3, 0.4) is 0 Å². The summed E-state index contributed by atoms with van der Waals surface area (Å²) in [7, 11) is 0. The predicted molar refractivity (Wildman–Crippen MR) is 157 cm³/mol. The van der Waals surface area contributed by atoms with Gasteiger partial charge in [0.2, 0.25) is 5.91 Å². The third-order valence-corrected chi connectivity index (χ3v) is 8.32. The van der Waals surface area contributed by atoms with Gasteiger partial charge in [-0.25, -0.2) is 4.39 Å². The van der Waals surface area contributed by atoms with E-state index in [0.717, 1.165) is 66.0 Å². The number of ether oxygens (including phenoxy) is 1. The Labute approximate surface area is 239 Å². The number of benzene rings is 2. The highest BCUT2D eigenvalue weighted by Crippen LogP contribution is 2.36. The van der Waals surface area contributed by atoms with Gasteiger partial charge in [-0.15, -0.1) is 0 Å². The second-order valence-corrected chi connectivity index (χ2v) is 11.0. The van der Waals surface area contributed by atoms with Crippen LogP contribution in [0.25, 0.3) is 10.8 Å². The first-order chi connectivity index (χ1) is 20.0. The van der Waals surface area contributed by atoms with Crippen LogP contribution in [-0.4, -0.2) is 95.9 Å². The zero-order valence-corrected chi connectivity index (χ0v) is 23.3. The van der Waals surface area contributed by atoms with Crippen molar-refractivity contribution in [2.24, 2.45) is 0 Å². The minimum atomic E-state index is -0.726. The molecule has 0 radical (unpaired) electrons. The van der Waals surface area contributed by atoms with Gasteiger partial charge in [-0.3, -0.25) is 4.79 Å². The van der Waals surface area contributed by atoms with Gasteiger partial charge >= 0.3 is 6.01 Å². The van der Waals surface area contributed by atoms with Gasteiger partial charge in [-0.1, -0.05) is 30.8 Å². The van der Waals surface area contributed by atoms with E-state index < -0.39 is 6.17 Å². The van der Waals surface area contributed by atoms with Gasteiger partial charge in [-0.2, -0.15) is 9.97 Å². The zero-order chi connectivity index (χ0) is 28.3. The number of fused-ring (bicyclic) bond motifs is 2. The fourth-order valence-electron chi connectivity index (χ4n) is 6.16. The summed E-state index contributed by atoms with van der Waals surface area (Å²) >= 11 is 0. The van der Waals surface area contributed by atoms with E-state index in [1.807, 2.05) is 29.2 Å².